The van der Waals surface area contributed by atoms with E-state index < -0.39 is 24.9 Å². The number of fused-ring (bicyclic) bond motifs is 1. The quantitative estimate of drug-likeness (QED) is 0.882. The summed E-state index contributed by atoms with van der Waals surface area (Å²) in [7, 11) is 0. The first-order chi connectivity index (χ1) is 9.46. The van der Waals surface area contributed by atoms with Crippen molar-refractivity contribution in [2.75, 3.05) is 11.9 Å². The highest BCUT2D eigenvalue weighted by Crippen LogP contribution is 2.37. The van der Waals surface area contributed by atoms with Crippen LogP contribution in [0.25, 0.3) is 0 Å². The molecule has 1 atom stereocenters. The SMILES string of the molecule is Cc1c(NC(=O)C2CC(F)(F)CN2)sc2c1CCCC2. The monoisotopic (exact) mass is 300 g/mol. The van der Waals surface area contributed by atoms with Crippen molar-refractivity contribution < 1.29 is 13.6 Å². The van der Waals surface area contributed by atoms with Gasteiger partial charge in [0.1, 0.15) is 0 Å². The largest absolute Gasteiger partial charge is 0.316 e. The molecule has 20 heavy (non-hydrogen) atoms. The highest BCUT2D eigenvalue weighted by molar-refractivity contribution is 7.16. The van der Waals surface area contributed by atoms with Crippen molar-refractivity contribution >= 4 is 22.2 Å². The average Bonchev–Trinajstić information content (AvgIpc) is 2.92. The third-order valence-electron chi connectivity index (χ3n) is 4.10. The fraction of sp³-hybridized carbons (Fsp3) is 0.643. The number of anilines is 1. The number of halogens is 2. The van der Waals surface area contributed by atoms with Gasteiger partial charge in [-0.3, -0.25) is 10.1 Å². The number of rotatable bonds is 2. The van der Waals surface area contributed by atoms with E-state index in [9.17, 15) is 13.6 Å². The molecule has 1 aromatic rings. The highest BCUT2D eigenvalue weighted by atomic mass is 32.1. The van der Waals surface area contributed by atoms with Crippen LogP contribution in [0, 0.1) is 6.92 Å². The van der Waals surface area contributed by atoms with Crippen LogP contribution in [0.1, 0.15) is 35.3 Å². The van der Waals surface area contributed by atoms with Crippen LogP contribution in [0.5, 0.6) is 0 Å². The van der Waals surface area contributed by atoms with Gasteiger partial charge in [-0.25, -0.2) is 8.78 Å². The van der Waals surface area contributed by atoms with E-state index in [2.05, 4.69) is 10.6 Å². The van der Waals surface area contributed by atoms with Crippen LogP contribution in [0.4, 0.5) is 13.8 Å². The number of thiophene rings is 1. The van der Waals surface area contributed by atoms with E-state index in [1.54, 1.807) is 11.3 Å². The molecule has 6 heteroatoms. The second-order valence-corrected chi connectivity index (χ2v) is 6.75. The molecule has 2 N–H and O–H groups in total. The smallest absolute Gasteiger partial charge is 0.262 e. The number of carbonyl (C=O) groups excluding carboxylic acids is 1. The van der Waals surface area contributed by atoms with Gasteiger partial charge in [0, 0.05) is 11.3 Å². The van der Waals surface area contributed by atoms with Crippen molar-refractivity contribution in [3.63, 3.8) is 0 Å². The number of hydrogen-bond donors (Lipinski definition) is 2. The van der Waals surface area contributed by atoms with E-state index in [0.717, 1.165) is 23.4 Å². The second kappa shape index (κ2) is 5.07. The van der Waals surface area contributed by atoms with Gasteiger partial charge in [0.2, 0.25) is 5.91 Å². The summed E-state index contributed by atoms with van der Waals surface area (Å²) in [6.45, 7) is 1.60. The van der Waals surface area contributed by atoms with Gasteiger partial charge < -0.3 is 5.32 Å². The molecule has 3 rings (SSSR count). The Kier molecular flexibility index (Phi) is 3.54. The number of hydrogen-bond acceptors (Lipinski definition) is 3. The van der Waals surface area contributed by atoms with Crippen LogP contribution in [0.3, 0.4) is 0 Å². The van der Waals surface area contributed by atoms with Crippen LogP contribution in [0.2, 0.25) is 0 Å². The number of alkyl halides is 2. The van der Waals surface area contributed by atoms with E-state index in [-0.39, 0.29) is 5.91 Å². The summed E-state index contributed by atoms with van der Waals surface area (Å²) < 4.78 is 26.2. The number of aryl methyl sites for hydroxylation is 1. The minimum absolute atomic E-state index is 0.344. The zero-order chi connectivity index (χ0) is 14.3. The summed E-state index contributed by atoms with van der Waals surface area (Å²) in [6, 6.07) is -0.788. The molecule has 2 heterocycles. The zero-order valence-electron chi connectivity index (χ0n) is 11.4. The minimum atomic E-state index is -2.77. The molecule has 0 spiro atoms. The van der Waals surface area contributed by atoms with Gasteiger partial charge in [-0.2, -0.15) is 0 Å². The Morgan fingerprint density at radius 3 is 2.80 bits per heavy atom. The number of nitrogens with one attached hydrogen (secondary N) is 2. The van der Waals surface area contributed by atoms with Crippen molar-refractivity contribution in [3.8, 4) is 0 Å². The molecule has 0 aromatic carbocycles. The van der Waals surface area contributed by atoms with E-state index in [1.807, 2.05) is 6.92 Å². The fourth-order valence-corrected chi connectivity index (χ4v) is 4.24. The zero-order valence-corrected chi connectivity index (χ0v) is 12.2. The van der Waals surface area contributed by atoms with E-state index in [1.165, 1.54) is 23.3 Å². The molecule has 0 saturated carbocycles. The molecule has 0 bridgehead atoms. The molecule has 0 radical (unpaired) electrons. The summed E-state index contributed by atoms with van der Waals surface area (Å²) in [5.41, 5.74) is 2.46. The summed E-state index contributed by atoms with van der Waals surface area (Å²) in [4.78, 5) is 13.4. The first kappa shape index (κ1) is 13.9. The molecule has 1 unspecified atom stereocenters. The standard InChI is InChI=1S/C14H18F2N2OS/c1-8-9-4-2-3-5-11(9)20-13(8)18-12(19)10-6-14(15,16)7-17-10/h10,17H,2-7H2,1H3,(H,18,19). The highest BCUT2D eigenvalue weighted by Gasteiger charge is 2.42. The Hall–Kier alpha value is -1.01. The molecule has 1 amide bonds. The van der Waals surface area contributed by atoms with Gasteiger partial charge in [-0.1, -0.05) is 0 Å². The third kappa shape index (κ3) is 2.59. The number of amides is 1. The summed E-state index contributed by atoms with van der Waals surface area (Å²) in [5.74, 6) is -3.12. The first-order valence-corrected chi connectivity index (χ1v) is 7.81. The summed E-state index contributed by atoms with van der Waals surface area (Å²) in [6.07, 6.45) is 4.10. The van der Waals surface area contributed by atoms with Crippen LogP contribution >= 0.6 is 11.3 Å². The van der Waals surface area contributed by atoms with Gasteiger partial charge in [0.15, 0.2) is 0 Å². The maximum Gasteiger partial charge on any atom is 0.262 e. The molecular formula is C14H18F2N2OS. The Labute approximate surface area is 120 Å². The maximum atomic E-state index is 13.1. The molecule has 1 aromatic heterocycles. The second-order valence-electron chi connectivity index (χ2n) is 5.65. The lowest BCUT2D eigenvalue weighted by Gasteiger charge is -2.11. The maximum absolute atomic E-state index is 13.1. The molecule has 110 valence electrons. The number of carbonyl (C=O) groups is 1. The van der Waals surface area contributed by atoms with E-state index in [0.29, 0.717) is 0 Å². The lowest BCUT2D eigenvalue weighted by atomic mass is 9.96. The minimum Gasteiger partial charge on any atom is -0.316 e. The van der Waals surface area contributed by atoms with Gasteiger partial charge in [-0.15, -0.1) is 11.3 Å². The lowest BCUT2D eigenvalue weighted by molar-refractivity contribution is -0.118. The molecule has 1 aliphatic carbocycles. The predicted molar refractivity (Wildman–Crippen MR) is 75.7 cm³/mol. The van der Waals surface area contributed by atoms with Crippen LogP contribution < -0.4 is 10.6 Å². The van der Waals surface area contributed by atoms with Crippen LogP contribution in [0.15, 0.2) is 0 Å². The van der Waals surface area contributed by atoms with Gasteiger partial charge in [-0.05, 0) is 43.7 Å². The van der Waals surface area contributed by atoms with Crippen molar-refractivity contribution in [1.82, 2.24) is 5.32 Å². The summed E-state index contributed by atoms with van der Waals surface area (Å²) in [5, 5.41) is 6.25. The average molecular weight is 300 g/mol. The molecule has 3 nitrogen and oxygen atoms in total. The van der Waals surface area contributed by atoms with Crippen molar-refractivity contribution in [2.24, 2.45) is 0 Å². The molecular weight excluding hydrogens is 282 g/mol. The molecule has 1 aliphatic heterocycles. The fourth-order valence-electron chi connectivity index (χ4n) is 2.94. The lowest BCUT2D eigenvalue weighted by Crippen LogP contribution is -2.35. The predicted octanol–water partition coefficient (Wildman–Crippen LogP) is 2.87. The van der Waals surface area contributed by atoms with Crippen molar-refractivity contribution in [3.05, 3.63) is 16.0 Å². The Balaban J connectivity index is 1.72. The Morgan fingerprint density at radius 2 is 2.15 bits per heavy atom. The third-order valence-corrected chi connectivity index (χ3v) is 5.41. The van der Waals surface area contributed by atoms with Crippen molar-refractivity contribution in [2.45, 2.75) is 51.0 Å². The summed E-state index contributed by atoms with van der Waals surface area (Å²) >= 11 is 1.60. The first-order valence-electron chi connectivity index (χ1n) is 6.99. The van der Waals surface area contributed by atoms with Crippen LogP contribution in [-0.4, -0.2) is 24.4 Å². The van der Waals surface area contributed by atoms with Gasteiger partial charge in [0.05, 0.1) is 17.6 Å². The normalized spacial score (nSPS) is 24.4. The van der Waals surface area contributed by atoms with Gasteiger partial charge in [0.25, 0.3) is 5.92 Å². The van der Waals surface area contributed by atoms with E-state index >= 15 is 0 Å². The van der Waals surface area contributed by atoms with Crippen LogP contribution in [-0.2, 0) is 17.6 Å². The van der Waals surface area contributed by atoms with Gasteiger partial charge >= 0.3 is 0 Å². The Morgan fingerprint density at radius 1 is 1.40 bits per heavy atom. The Bertz CT molecular complexity index is 542. The molecule has 2 aliphatic rings. The molecule has 1 saturated heterocycles. The molecule has 1 fully saturated rings. The van der Waals surface area contributed by atoms with E-state index in [4.69, 9.17) is 0 Å². The van der Waals surface area contributed by atoms with Crippen molar-refractivity contribution in [1.29, 1.82) is 0 Å². The topological polar surface area (TPSA) is 41.1 Å².